The van der Waals surface area contributed by atoms with Gasteiger partial charge >= 0.3 is 0 Å². The second-order valence-electron chi connectivity index (χ2n) is 9.08. The van der Waals surface area contributed by atoms with E-state index in [1.807, 2.05) is 6.07 Å². The molecule has 186 valence electrons. The Kier molecular flexibility index (Phi) is 6.70. The summed E-state index contributed by atoms with van der Waals surface area (Å²) in [6.07, 6.45) is 3.89. The van der Waals surface area contributed by atoms with E-state index in [1.165, 1.54) is 16.8 Å². The Balaban J connectivity index is 1.65. The minimum absolute atomic E-state index is 0.105. The van der Waals surface area contributed by atoms with Gasteiger partial charge in [0.15, 0.2) is 0 Å². The number of nitrogens with zero attached hydrogens (tertiary/aromatic N) is 3. The van der Waals surface area contributed by atoms with Gasteiger partial charge in [-0.25, -0.2) is 13.1 Å². The van der Waals surface area contributed by atoms with E-state index in [4.69, 9.17) is 0 Å². The first-order chi connectivity index (χ1) is 16.6. The minimum atomic E-state index is -4.27. The lowest BCUT2D eigenvalue weighted by Crippen LogP contribution is -2.25. The van der Waals surface area contributed by atoms with Crippen LogP contribution in [0.1, 0.15) is 38.3 Å². The monoisotopic (exact) mass is 499 g/mol. The van der Waals surface area contributed by atoms with Crippen molar-refractivity contribution in [1.29, 1.82) is 0 Å². The summed E-state index contributed by atoms with van der Waals surface area (Å²) in [4.78, 5) is 24.0. The van der Waals surface area contributed by atoms with E-state index >= 15 is 0 Å². The third-order valence-electron chi connectivity index (χ3n) is 6.64. The maximum absolute atomic E-state index is 13.2. The van der Waals surface area contributed by atoms with Gasteiger partial charge in [0, 0.05) is 19.2 Å². The van der Waals surface area contributed by atoms with E-state index in [-0.39, 0.29) is 28.0 Å². The third-order valence-corrected chi connectivity index (χ3v) is 7.99. The Morgan fingerprint density at radius 1 is 1.06 bits per heavy atom. The molecule has 1 fully saturated rings. The Bertz CT molecular complexity index is 1400. The molecule has 0 bridgehead atoms. The molecule has 1 saturated carbocycles. The minimum Gasteiger partial charge on any atom is -0.377 e. The standard InChI is InChI=1S/C24H29N5O5S/c1-16-9-11-18(12-10-16)25-21-14-13-20(15-22(21)29(31)32)35(33,34)26-23-17(2)27(3)28(24(23)30)19-7-5-4-6-8-19/h4-8,13-16,18,25-26H,9-12H2,1-3H3. The molecule has 0 unspecified atom stereocenters. The number of benzene rings is 2. The fraction of sp³-hybridized carbons (Fsp3) is 0.375. The average Bonchev–Trinajstić information content (AvgIpc) is 3.03. The molecule has 2 aromatic carbocycles. The van der Waals surface area contributed by atoms with Crippen molar-refractivity contribution in [2.45, 2.75) is 50.5 Å². The predicted molar refractivity (Wildman–Crippen MR) is 135 cm³/mol. The summed E-state index contributed by atoms with van der Waals surface area (Å²) in [5.41, 5.74) is 0.295. The molecule has 1 aliphatic rings. The second-order valence-corrected chi connectivity index (χ2v) is 10.8. The first-order valence-corrected chi connectivity index (χ1v) is 13.0. The van der Waals surface area contributed by atoms with E-state index in [0.717, 1.165) is 31.7 Å². The molecule has 0 atom stereocenters. The quantitative estimate of drug-likeness (QED) is 0.371. The zero-order valence-electron chi connectivity index (χ0n) is 19.9. The van der Waals surface area contributed by atoms with E-state index in [0.29, 0.717) is 17.3 Å². The smallest absolute Gasteiger partial charge is 0.296 e. The van der Waals surface area contributed by atoms with E-state index in [2.05, 4.69) is 17.0 Å². The van der Waals surface area contributed by atoms with E-state index in [9.17, 15) is 23.3 Å². The first-order valence-electron chi connectivity index (χ1n) is 11.5. The van der Waals surface area contributed by atoms with Crippen LogP contribution in [0.2, 0.25) is 0 Å². The number of nitro benzene ring substituents is 1. The lowest BCUT2D eigenvalue weighted by molar-refractivity contribution is -0.384. The Morgan fingerprint density at radius 2 is 1.71 bits per heavy atom. The number of hydrogen-bond donors (Lipinski definition) is 2. The summed E-state index contributed by atoms with van der Waals surface area (Å²) in [6.45, 7) is 3.81. The summed E-state index contributed by atoms with van der Waals surface area (Å²) in [5.74, 6) is 0.634. The lowest BCUT2D eigenvalue weighted by Gasteiger charge is -2.27. The molecule has 2 N–H and O–H groups in total. The van der Waals surface area contributed by atoms with Crippen molar-refractivity contribution in [3.63, 3.8) is 0 Å². The molecule has 0 spiro atoms. The molecular weight excluding hydrogens is 470 g/mol. The summed E-state index contributed by atoms with van der Waals surface area (Å²) < 4.78 is 31.6. The van der Waals surface area contributed by atoms with Gasteiger partial charge in [-0.3, -0.25) is 24.3 Å². The number of nitrogens with one attached hydrogen (secondary N) is 2. The van der Waals surface area contributed by atoms with Crippen molar-refractivity contribution in [2.75, 3.05) is 10.0 Å². The largest absolute Gasteiger partial charge is 0.377 e. The van der Waals surface area contributed by atoms with Crippen molar-refractivity contribution in [1.82, 2.24) is 9.36 Å². The van der Waals surface area contributed by atoms with Crippen molar-refractivity contribution in [2.24, 2.45) is 13.0 Å². The van der Waals surface area contributed by atoms with Gasteiger partial charge in [0.1, 0.15) is 11.4 Å². The Morgan fingerprint density at radius 3 is 2.34 bits per heavy atom. The van der Waals surface area contributed by atoms with Gasteiger partial charge in [-0.1, -0.05) is 25.1 Å². The molecule has 0 amide bonds. The van der Waals surface area contributed by atoms with Crippen molar-refractivity contribution < 1.29 is 13.3 Å². The van der Waals surface area contributed by atoms with Crippen molar-refractivity contribution >= 4 is 27.1 Å². The number of rotatable bonds is 7. The van der Waals surface area contributed by atoms with Crippen molar-refractivity contribution in [3.8, 4) is 5.69 Å². The summed E-state index contributed by atoms with van der Waals surface area (Å²) in [5, 5.41) is 15.0. The molecule has 4 rings (SSSR count). The highest BCUT2D eigenvalue weighted by molar-refractivity contribution is 7.92. The molecule has 0 radical (unpaired) electrons. The molecule has 0 aliphatic heterocycles. The van der Waals surface area contributed by atoms with Gasteiger partial charge < -0.3 is 5.32 Å². The molecule has 11 heteroatoms. The number of sulfonamides is 1. The van der Waals surface area contributed by atoms with Crippen LogP contribution in [0.3, 0.4) is 0 Å². The molecule has 1 aliphatic carbocycles. The highest BCUT2D eigenvalue weighted by atomic mass is 32.2. The number of nitro groups is 1. The van der Waals surface area contributed by atoms with Crippen LogP contribution in [-0.2, 0) is 17.1 Å². The van der Waals surface area contributed by atoms with E-state index < -0.39 is 20.5 Å². The van der Waals surface area contributed by atoms with Gasteiger partial charge in [0.2, 0.25) is 0 Å². The summed E-state index contributed by atoms with van der Waals surface area (Å²) in [7, 11) is -2.61. The molecular formula is C24H29N5O5S. The van der Waals surface area contributed by atoms with Gasteiger partial charge in [0.05, 0.1) is 21.2 Å². The maximum atomic E-state index is 13.2. The Hall–Kier alpha value is -3.60. The van der Waals surface area contributed by atoms with Gasteiger partial charge in [-0.15, -0.1) is 0 Å². The molecule has 35 heavy (non-hydrogen) atoms. The zero-order chi connectivity index (χ0) is 25.3. The molecule has 10 nitrogen and oxygen atoms in total. The molecule has 1 aromatic heterocycles. The number of aromatic nitrogens is 2. The van der Waals surface area contributed by atoms with E-state index in [1.54, 1.807) is 42.9 Å². The van der Waals surface area contributed by atoms with Gasteiger partial charge in [-0.05, 0) is 62.8 Å². The fourth-order valence-corrected chi connectivity index (χ4v) is 5.59. The predicted octanol–water partition coefficient (Wildman–Crippen LogP) is 4.18. The van der Waals surface area contributed by atoms with Crippen LogP contribution in [0, 0.1) is 23.0 Å². The zero-order valence-corrected chi connectivity index (χ0v) is 20.7. The molecule has 0 saturated heterocycles. The maximum Gasteiger partial charge on any atom is 0.296 e. The summed E-state index contributed by atoms with van der Waals surface area (Å²) >= 11 is 0. The average molecular weight is 500 g/mol. The molecule has 3 aromatic rings. The number of hydrogen-bond acceptors (Lipinski definition) is 6. The highest BCUT2D eigenvalue weighted by Gasteiger charge is 2.27. The topological polar surface area (TPSA) is 128 Å². The third kappa shape index (κ3) is 4.95. The summed E-state index contributed by atoms with van der Waals surface area (Å²) in [6, 6.07) is 12.7. The van der Waals surface area contributed by atoms with Crippen LogP contribution >= 0.6 is 0 Å². The van der Waals surface area contributed by atoms with Crippen LogP contribution < -0.4 is 15.6 Å². The SMILES string of the molecule is Cc1c(NS(=O)(=O)c2ccc(NC3CCC(C)CC3)c([N+](=O)[O-])c2)c(=O)n(-c2ccccc2)n1C. The van der Waals surface area contributed by atoms with Crippen molar-refractivity contribution in [3.05, 3.63) is 74.7 Å². The van der Waals surface area contributed by atoms with Crippen LogP contribution in [0.25, 0.3) is 5.69 Å². The van der Waals surface area contributed by atoms with Crippen LogP contribution in [0.15, 0.2) is 58.2 Å². The normalized spacial score (nSPS) is 18.3. The first kappa shape index (κ1) is 24.5. The highest BCUT2D eigenvalue weighted by Crippen LogP contribution is 2.32. The van der Waals surface area contributed by atoms with Gasteiger partial charge in [-0.2, -0.15) is 0 Å². The number of anilines is 2. The fourth-order valence-electron chi connectivity index (χ4n) is 4.46. The second kappa shape index (κ2) is 9.57. The van der Waals surface area contributed by atoms with Crippen LogP contribution in [0.5, 0.6) is 0 Å². The lowest BCUT2D eigenvalue weighted by atomic mass is 9.87. The molecule has 1 heterocycles. The van der Waals surface area contributed by atoms with Crippen LogP contribution in [-0.4, -0.2) is 28.7 Å². The number of para-hydroxylation sites is 1. The van der Waals surface area contributed by atoms with Crippen LogP contribution in [0.4, 0.5) is 17.1 Å². The Labute approximate surface area is 203 Å². The van der Waals surface area contributed by atoms with Gasteiger partial charge in [0.25, 0.3) is 21.3 Å².